The molecule has 0 amide bonds. The van der Waals surface area contributed by atoms with Crippen molar-refractivity contribution in [1.29, 1.82) is 0 Å². The van der Waals surface area contributed by atoms with Gasteiger partial charge in [-0.1, -0.05) is 30.3 Å². The van der Waals surface area contributed by atoms with Crippen molar-refractivity contribution in [1.82, 2.24) is 4.98 Å². The van der Waals surface area contributed by atoms with Crippen LogP contribution in [0.2, 0.25) is 0 Å². The molecule has 122 valence electrons. The topological polar surface area (TPSA) is 68.3 Å². The lowest BCUT2D eigenvalue weighted by atomic mass is 10.2. The fourth-order valence-electron chi connectivity index (χ4n) is 2.56. The number of aromatic nitrogens is 1. The Morgan fingerprint density at radius 1 is 1.12 bits per heavy atom. The number of nitrogens with zero attached hydrogens (tertiary/aromatic N) is 1. The molecular weight excluding hydrogens is 344 g/mol. The third-order valence-electron chi connectivity index (χ3n) is 3.74. The van der Waals surface area contributed by atoms with Gasteiger partial charge < -0.3 is 4.74 Å². The van der Waals surface area contributed by atoms with Crippen molar-refractivity contribution in [3.63, 3.8) is 0 Å². The molecule has 2 heterocycles. The average Bonchev–Trinajstić information content (AvgIpc) is 3.23. The van der Waals surface area contributed by atoms with Crippen LogP contribution in [-0.2, 0) is 16.4 Å². The van der Waals surface area contributed by atoms with Gasteiger partial charge in [-0.3, -0.25) is 4.72 Å². The van der Waals surface area contributed by atoms with Crippen LogP contribution in [0.5, 0.6) is 5.75 Å². The van der Waals surface area contributed by atoms with Gasteiger partial charge in [0, 0.05) is 17.4 Å². The minimum atomic E-state index is -3.67. The summed E-state index contributed by atoms with van der Waals surface area (Å²) in [5, 5.41) is 2.48. The maximum absolute atomic E-state index is 12.6. The van der Waals surface area contributed by atoms with Crippen LogP contribution in [0.15, 0.2) is 58.8 Å². The molecule has 0 radical (unpaired) electrons. The van der Waals surface area contributed by atoms with Gasteiger partial charge in [0.2, 0.25) is 0 Å². The number of hydrogen-bond acceptors (Lipinski definition) is 5. The van der Waals surface area contributed by atoms with E-state index < -0.39 is 10.0 Å². The van der Waals surface area contributed by atoms with Gasteiger partial charge in [-0.2, -0.15) is 0 Å². The maximum Gasteiger partial charge on any atom is 0.263 e. The van der Waals surface area contributed by atoms with E-state index in [1.807, 2.05) is 30.3 Å². The van der Waals surface area contributed by atoms with Crippen LogP contribution >= 0.6 is 11.3 Å². The van der Waals surface area contributed by atoms with E-state index in [2.05, 4.69) is 9.71 Å². The maximum atomic E-state index is 12.6. The van der Waals surface area contributed by atoms with Crippen molar-refractivity contribution in [3.05, 3.63) is 59.5 Å². The molecule has 2 aromatic carbocycles. The molecule has 0 saturated heterocycles. The van der Waals surface area contributed by atoms with Crippen molar-refractivity contribution in [3.8, 4) is 16.3 Å². The average molecular weight is 358 g/mol. The molecule has 1 aliphatic rings. The van der Waals surface area contributed by atoms with E-state index in [1.54, 1.807) is 23.6 Å². The third kappa shape index (κ3) is 2.88. The Balaban J connectivity index is 1.59. The fourth-order valence-corrected chi connectivity index (χ4v) is 4.44. The van der Waals surface area contributed by atoms with Crippen LogP contribution in [0.4, 0.5) is 5.82 Å². The van der Waals surface area contributed by atoms with E-state index in [0.717, 1.165) is 28.3 Å². The number of sulfonamides is 1. The van der Waals surface area contributed by atoms with Crippen molar-refractivity contribution >= 4 is 27.2 Å². The molecule has 1 N–H and O–H groups in total. The van der Waals surface area contributed by atoms with E-state index >= 15 is 0 Å². The summed E-state index contributed by atoms with van der Waals surface area (Å²) in [5.74, 6) is 1.09. The number of rotatable bonds is 4. The molecule has 3 aromatic rings. The number of hydrogen-bond donors (Lipinski definition) is 1. The van der Waals surface area contributed by atoms with E-state index in [1.165, 1.54) is 11.3 Å². The van der Waals surface area contributed by atoms with Crippen LogP contribution in [-0.4, -0.2) is 20.0 Å². The summed E-state index contributed by atoms with van der Waals surface area (Å²) >= 11 is 1.40. The lowest BCUT2D eigenvalue weighted by Crippen LogP contribution is -2.13. The van der Waals surface area contributed by atoms with Gasteiger partial charge in [0.05, 0.1) is 11.5 Å². The predicted octanol–water partition coefficient (Wildman–Crippen LogP) is 3.55. The van der Waals surface area contributed by atoms with E-state index in [0.29, 0.717) is 12.4 Å². The smallest absolute Gasteiger partial charge is 0.263 e. The van der Waals surface area contributed by atoms with Gasteiger partial charge in [0.15, 0.2) is 5.82 Å². The zero-order chi connectivity index (χ0) is 16.6. The molecule has 0 spiro atoms. The quantitative estimate of drug-likeness (QED) is 0.774. The van der Waals surface area contributed by atoms with Gasteiger partial charge in [-0.25, -0.2) is 13.4 Å². The lowest BCUT2D eigenvalue weighted by molar-refractivity contribution is 0.356. The molecule has 0 fully saturated rings. The molecule has 4 rings (SSSR count). The van der Waals surface area contributed by atoms with Crippen LogP contribution in [0, 0.1) is 0 Å². The molecule has 5 nitrogen and oxygen atoms in total. The van der Waals surface area contributed by atoms with Gasteiger partial charge in [-0.15, -0.1) is 11.3 Å². The first kappa shape index (κ1) is 15.2. The third-order valence-corrected chi connectivity index (χ3v) is 5.98. The molecule has 24 heavy (non-hydrogen) atoms. The molecule has 0 atom stereocenters. The molecular formula is C17H14N2O3S2. The Kier molecular flexibility index (Phi) is 3.74. The molecule has 0 saturated carbocycles. The number of thiazole rings is 1. The molecule has 1 aromatic heterocycles. The van der Waals surface area contributed by atoms with E-state index in [4.69, 9.17) is 4.74 Å². The molecule has 0 bridgehead atoms. The second-order valence-electron chi connectivity index (χ2n) is 5.38. The Morgan fingerprint density at radius 3 is 2.79 bits per heavy atom. The SMILES string of the molecule is O=S(=O)(Nc1csc(-c2ccccc2)n1)c1ccc2c(c1)CCO2. The van der Waals surface area contributed by atoms with E-state index in [-0.39, 0.29) is 4.90 Å². The first-order valence-corrected chi connectivity index (χ1v) is 9.78. The van der Waals surface area contributed by atoms with Crippen molar-refractivity contribution in [2.24, 2.45) is 0 Å². The van der Waals surface area contributed by atoms with Crippen LogP contribution < -0.4 is 9.46 Å². The van der Waals surface area contributed by atoms with Crippen LogP contribution in [0.25, 0.3) is 10.6 Å². The predicted molar refractivity (Wildman–Crippen MR) is 94.0 cm³/mol. The number of fused-ring (bicyclic) bond motifs is 1. The summed E-state index contributed by atoms with van der Waals surface area (Å²) in [5.41, 5.74) is 1.88. The molecule has 7 heteroatoms. The molecule has 0 aliphatic carbocycles. The fraction of sp³-hybridized carbons (Fsp3) is 0.118. The van der Waals surface area contributed by atoms with Crippen molar-refractivity contribution < 1.29 is 13.2 Å². The number of ether oxygens (including phenoxy) is 1. The largest absolute Gasteiger partial charge is 0.493 e. The normalized spacial score (nSPS) is 13.3. The van der Waals surface area contributed by atoms with Crippen LogP contribution in [0.3, 0.4) is 0 Å². The standard InChI is InChI=1S/C17H14N2O3S2/c20-24(21,14-6-7-15-13(10-14)8-9-22-15)19-16-11-23-17(18-16)12-4-2-1-3-5-12/h1-7,10-11,19H,8-9H2. The summed E-state index contributed by atoms with van der Waals surface area (Å²) in [6, 6.07) is 14.6. The van der Waals surface area contributed by atoms with Crippen molar-refractivity contribution in [2.75, 3.05) is 11.3 Å². The number of benzene rings is 2. The van der Waals surface area contributed by atoms with Gasteiger partial charge in [0.25, 0.3) is 10.0 Å². The molecule has 0 unspecified atom stereocenters. The molecule has 1 aliphatic heterocycles. The second kappa shape index (κ2) is 5.92. The van der Waals surface area contributed by atoms with E-state index in [9.17, 15) is 8.42 Å². The zero-order valence-electron chi connectivity index (χ0n) is 12.6. The number of anilines is 1. The summed E-state index contributed by atoms with van der Waals surface area (Å²) in [6.07, 6.45) is 0.730. The van der Waals surface area contributed by atoms with Crippen molar-refractivity contribution in [2.45, 2.75) is 11.3 Å². The van der Waals surface area contributed by atoms with Crippen LogP contribution in [0.1, 0.15) is 5.56 Å². The summed E-state index contributed by atoms with van der Waals surface area (Å²) in [4.78, 5) is 4.59. The Hall–Kier alpha value is -2.38. The lowest BCUT2D eigenvalue weighted by Gasteiger charge is -2.07. The minimum absolute atomic E-state index is 0.223. The van der Waals surface area contributed by atoms with Gasteiger partial charge >= 0.3 is 0 Å². The number of nitrogens with one attached hydrogen (secondary N) is 1. The van der Waals surface area contributed by atoms with Gasteiger partial charge in [0.1, 0.15) is 10.8 Å². The summed E-state index contributed by atoms with van der Waals surface area (Å²) in [6.45, 7) is 0.596. The zero-order valence-corrected chi connectivity index (χ0v) is 14.2. The summed E-state index contributed by atoms with van der Waals surface area (Å²) < 4.78 is 33.1. The monoisotopic (exact) mass is 358 g/mol. The first-order valence-electron chi connectivity index (χ1n) is 7.41. The highest BCUT2D eigenvalue weighted by Crippen LogP contribution is 2.30. The Labute approximate surface area is 144 Å². The highest BCUT2D eigenvalue weighted by Gasteiger charge is 2.20. The highest BCUT2D eigenvalue weighted by atomic mass is 32.2. The highest BCUT2D eigenvalue weighted by molar-refractivity contribution is 7.92. The Bertz CT molecular complexity index is 982. The minimum Gasteiger partial charge on any atom is -0.493 e. The summed E-state index contributed by atoms with van der Waals surface area (Å²) in [7, 11) is -3.67. The van der Waals surface area contributed by atoms with Gasteiger partial charge in [-0.05, 0) is 23.8 Å². The Morgan fingerprint density at radius 2 is 1.96 bits per heavy atom. The second-order valence-corrected chi connectivity index (χ2v) is 7.92. The first-order chi connectivity index (χ1) is 11.6.